The van der Waals surface area contributed by atoms with Gasteiger partial charge in [-0.2, -0.15) is 0 Å². The zero-order chi connectivity index (χ0) is 26.4. The van der Waals surface area contributed by atoms with Crippen LogP contribution in [0.1, 0.15) is 44.2 Å². The summed E-state index contributed by atoms with van der Waals surface area (Å²) in [6.07, 6.45) is 0. The van der Waals surface area contributed by atoms with Crippen LogP contribution >= 0.6 is 46.1 Å². The van der Waals surface area contributed by atoms with Crippen LogP contribution in [-0.4, -0.2) is 24.9 Å². The van der Waals surface area contributed by atoms with E-state index >= 15 is 0 Å². The molecule has 0 saturated carbocycles. The highest BCUT2D eigenvalue weighted by Crippen LogP contribution is 2.37. The molecule has 186 valence electrons. The lowest BCUT2D eigenvalue weighted by atomic mass is 10.1. The van der Waals surface area contributed by atoms with Crippen molar-refractivity contribution in [3.63, 3.8) is 0 Å². The number of hydrogen-bond donors (Lipinski definition) is 2. The first-order valence-corrected chi connectivity index (χ1v) is 12.7. The van der Waals surface area contributed by atoms with Gasteiger partial charge in [-0.05, 0) is 54.6 Å². The summed E-state index contributed by atoms with van der Waals surface area (Å²) in [6, 6.07) is 15.9. The van der Waals surface area contributed by atoms with Gasteiger partial charge in [-0.15, -0.1) is 11.3 Å². The number of benzene rings is 3. The van der Waals surface area contributed by atoms with Crippen molar-refractivity contribution >= 4 is 85.4 Å². The molecular formula is C26H21Cl3N2O4S. The number of thiophene rings is 1. The molecule has 0 atom stereocenters. The lowest BCUT2D eigenvalue weighted by molar-refractivity contribution is 0.0600. The van der Waals surface area contributed by atoms with Gasteiger partial charge in [-0.25, -0.2) is 4.79 Å². The second-order valence-corrected chi connectivity index (χ2v) is 9.36. The van der Waals surface area contributed by atoms with Gasteiger partial charge < -0.3 is 15.4 Å². The van der Waals surface area contributed by atoms with E-state index in [0.717, 1.165) is 4.70 Å². The van der Waals surface area contributed by atoms with Gasteiger partial charge in [0.05, 0.1) is 28.9 Å². The number of amides is 2. The van der Waals surface area contributed by atoms with Crippen molar-refractivity contribution in [1.29, 1.82) is 0 Å². The first kappa shape index (κ1) is 27.5. The molecule has 0 unspecified atom stereocenters. The number of esters is 1. The number of methoxy groups -OCH3 is 1. The van der Waals surface area contributed by atoms with Crippen LogP contribution in [0.3, 0.4) is 0 Å². The molecule has 6 nitrogen and oxygen atoms in total. The Hall–Kier alpha value is -3.10. The predicted molar refractivity (Wildman–Crippen MR) is 148 cm³/mol. The lowest BCUT2D eigenvalue weighted by Gasteiger charge is -2.13. The smallest absolute Gasteiger partial charge is 0.337 e. The maximum Gasteiger partial charge on any atom is 0.337 e. The third-order valence-corrected chi connectivity index (χ3v) is 6.98. The van der Waals surface area contributed by atoms with E-state index in [9.17, 15) is 14.4 Å². The lowest BCUT2D eigenvalue weighted by Crippen LogP contribution is -2.19. The molecule has 2 N–H and O–H groups in total. The van der Waals surface area contributed by atoms with E-state index in [1.165, 1.54) is 36.6 Å². The Bertz CT molecular complexity index is 1440. The Labute approximate surface area is 227 Å². The predicted octanol–water partition coefficient (Wildman–Crippen LogP) is 8.18. The Morgan fingerprint density at radius 3 is 2.14 bits per heavy atom. The van der Waals surface area contributed by atoms with Crippen molar-refractivity contribution < 1.29 is 19.1 Å². The number of hydrogen-bond acceptors (Lipinski definition) is 5. The van der Waals surface area contributed by atoms with Crippen molar-refractivity contribution in [3.05, 3.63) is 91.7 Å². The summed E-state index contributed by atoms with van der Waals surface area (Å²) in [4.78, 5) is 38.4. The van der Waals surface area contributed by atoms with Gasteiger partial charge in [0.2, 0.25) is 0 Å². The van der Waals surface area contributed by atoms with Crippen LogP contribution in [0, 0.1) is 0 Å². The number of nitrogens with one attached hydrogen (secondary N) is 2. The van der Waals surface area contributed by atoms with Crippen LogP contribution in [0.5, 0.6) is 0 Å². The molecule has 4 rings (SSSR count). The number of anilines is 2. The first-order chi connectivity index (χ1) is 17.3. The number of fused-ring (bicyclic) bond motifs is 1. The van der Waals surface area contributed by atoms with Gasteiger partial charge in [-0.3, -0.25) is 9.59 Å². The maximum absolute atomic E-state index is 13.1. The molecule has 0 aliphatic heterocycles. The quantitative estimate of drug-likeness (QED) is 0.240. The molecule has 36 heavy (non-hydrogen) atoms. The number of halogens is 3. The Morgan fingerprint density at radius 1 is 0.806 bits per heavy atom. The summed E-state index contributed by atoms with van der Waals surface area (Å²) < 4.78 is 5.50. The fraction of sp³-hybridized carbons (Fsp3) is 0.115. The third-order valence-electron chi connectivity index (χ3n) is 4.83. The summed E-state index contributed by atoms with van der Waals surface area (Å²) in [5.74, 6) is -1.65. The van der Waals surface area contributed by atoms with Crippen LogP contribution in [0.15, 0.2) is 60.7 Å². The first-order valence-electron chi connectivity index (χ1n) is 10.7. The van der Waals surface area contributed by atoms with Crippen molar-refractivity contribution in [2.45, 2.75) is 13.8 Å². The van der Waals surface area contributed by atoms with E-state index in [1.807, 2.05) is 13.8 Å². The highest BCUT2D eigenvalue weighted by atomic mass is 35.5. The molecule has 0 fully saturated rings. The number of carbonyl (C=O) groups excluding carboxylic acids is 3. The molecule has 0 aliphatic carbocycles. The zero-order valence-electron chi connectivity index (χ0n) is 19.4. The SMILES string of the molecule is CC.COC(=O)c1ccc(C(=O)Nc2ccc(Cl)cc2)c(NC(=O)c2sc3cc(Cl)ccc3c2Cl)c1. The Balaban J connectivity index is 0.00000176. The van der Waals surface area contributed by atoms with Crippen molar-refractivity contribution in [2.75, 3.05) is 17.7 Å². The Kier molecular flexibility index (Phi) is 9.34. The Morgan fingerprint density at radius 2 is 1.47 bits per heavy atom. The van der Waals surface area contributed by atoms with Crippen LogP contribution in [0.25, 0.3) is 10.1 Å². The minimum Gasteiger partial charge on any atom is -0.465 e. The molecule has 0 aliphatic rings. The summed E-state index contributed by atoms with van der Waals surface area (Å²) in [5, 5.41) is 7.44. The van der Waals surface area contributed by atoms with Gasteiger partial charge in [0, 0.05) is 25.8 Å². The second-order valence-electron chi connectivity index (χ2n) is 7.05. The van der Waals surface area contributed by atoms with Gasteiger partial charge >= 0.3 is 5.97 Å². The van der Waals surface area contributed by atoms with Gasteiger partial charge in [-0.1, -0.05) is 54.7 Å². The minimum atomic E-state index is -0.616. The van der Waals surface area contributed by atoms with Gasteiger partial charge in [0.15, 0.2) is 0 Å². The highest BCUT2D eigenvalue weighted by molar-refractivity contribution is 7.21. The summed E-state index contributed by atoms with van der Waals surface area (Å²) in [7, 11) is 1.24. The summed E-state index contributed by atoms with van der Waals surface area (Å²) >= 11 is 19.5. The van der Waals surface area contributed by atoms with Crippen LogP contribution < -0.4 is 10.6 Å². The molecule has 1 aromatic heterocycles. The van der Waals surface area contributed by atoms with Crippen molar-refractivity contribution in [2.24, 2.45) is 0 Å². The van der Waals surface area contributed by atoms with Crippen LogP contribution in [-0.2, 0) is 4.74 Å². The molecule has 1 heterocycles. The van der Waals surface area contributed by atoms with Gasteiger partial charge in [0.1, 0.15) is 4.88 Å². The molecule has 3 aromatic carbocycles. The average Bonchev–Trinajstić information content (AvgIpc) is 3.21. The molecule has 2 amide bonds. The van der Waals surface area contributed by atoms with E-state index in [1.54, 1.807) is 42.5 Å². The average molecular weight is 564 g/mol. The molecular weight excluding hydrogens is 543 g/mol. The number of carbonyl (C=O) groups is 3. The maximum atomic E-state index is 13.1. The van der Waals surface area contributed by atoms with Crippen molar-refractivity contribution in [1.82, 2.24) is 0 Å². The molecule has 10 heteroatoms. The fourth-order valence-corrected chi connectivity index (χ4v) is 5.00. The van der Waals surface area contributed by atoms with Crippen LogP contribution in [0.2, 0.25) is 15.1 Å². The monoisotopic (exact) mass is 562 g/mol. The number of rotatable bonds is 5. The molecule has 0 saturated heterocycles. The standard InChI is InChI=1S/C24H15Cl3N2O4S.C2H6/c1-33-24(32)12-2-8-16(22(30)28-15-6-3-13(25)4-7-15)18(10-12)29-23(31)21-20(27)17-9-5-14(26)11-19(17)34-21;1-2/h2-11H,1H3,(H,28,30)(H,29,31);1-2H3. The van der Waals surface area contributed by atoms with E-state index in [0.29, 0.717) is 21.1 Å². The minimum absolute atomic E-state index is 0.117. The highest BCUT2D eigenvalue weighted by Gasteiger charge is 2.21. The third kappa shape index (κ3) is 6.17. The van der Waals surface area contributed by atoms with E-state index in [-0.39, 0.29) is 26.7 Å². The molecule has 0 radical (unpaired) electrons. The summed E-state index contributed by atoms with van der Waals surface area (Å²) in [5.41, 5.74) is 0.922. The molecule has 4 aromatic rings. The molecule has 0 bridgehead atoms. The van der Waals surface area contributed by atoms with E-state index in [4.69, 9.17) is 39.5 Å². The second kappa shape index (κ2) is 12.2. The van der Waals surface area contributed by atoms with E-state index in [2.05, 4.69) is 10.6 Å². The largest absolute Gasteiger partial charge is 0.465 e. The fourth-order valence-electron chi connectivity index (χ4n) is 3.19. The topological polar surface area (TPSA) is 84.5 Å². The van der Waals surface area contributed by atoms with Crippen LogP contribution in [0.4, 0.5) is 11.4 Å². The van der Waals surface area contributed by atoms with Gasteiger partial charge in [0.25, 0.3) is 11.8 Å². The zero-order valence-corrected chi connectivity index (χ0v) is 22.5. The normalized spacial score (nSPS) is 10.3. The number of ether oxygens (including phenoxy) is 1. The molecule has 0 spiro atoms. The van der Waals surface area contributed by atoms with E-state index < -0.39 is 17.8 Å². The summed E-state index contributed by atoms with van der Waals surface area (Å²) in [6.45, 7) is 4.00. The van der Waals surface area contributed by atoms with Crippen molar-refractivity contribution in [3.8, 4) is 0 Å².